The highest BCUT2D eigenvalue weighted by atomic mass is 32.2. The third kappa shape index (κ3) is 3.20. The van der Waals surface area contributed by atoms with Crippen molar-refractivity contribution in [1.29, 1.82) is 0 Å². The highest BCUT2D eigenvalue weighted by Gasteiger charge is 2.16. The summed E-state index contributed by atoms with van der Waals surface area (Å²) in [6.45, 7) is 0.155. The molecule has 5 nitrogen and oxygen atoms in total. The lowest BCUT2D eigenvalue weighted by Crippen LogP contribution is -2.25. The van der Waals surface area contributed by atoms with E-state index in [1.165, 1.54) is 12.3 Å². The molecule has 0 saturated heterocycles. The SMILES string of the molecule is O=S(=O)(NCC[C@@H](O)c1ccco1)c1cccs1. The molecule has 0 spiro atoms. The Labute approximate surface area is 109 Å². The molecule has 18 heavy (non-hydrogen) atoms. The Balaban J connectivity index is 1.86. The van der Waals surface area contributed by atoms with E-state index in [2.05, 4.69) is 4.72 Å². The van der Waals surface area contributed by atoms with Gasteiger partial charge in [0.25, 0.3) is 0 Å². The molecule has 2 rings (SSSR count). The van der Waals surface area contributed by atoms with E-state index < -0.39 is 16.1 Å². The topological polar surface area (TPSA) is 79.5 Å². The van der Waals surface area contributed by atoms with Gasteiger partial charge in [-0.3, -0.25) is 0 Å². The summed E-state index contributed by atoms with van der Waals surface area (Å²) in [5.41, 5.74) is 0. The van der Waals surface area contributed by atoms with Gasteiger partial charge in [-0.15, -0.1) is 11.3 Å². The Morgan fingerprint density at radius 2 is 2.22 bits per heavy atom. The van der Waals surface area contributed by atoms with Crippen LogP contribution in [0.5, 0.6) is 0 Å². The number of furan rings is 1. The van der Waals surface area contributed by atoms with Crippen LogP contribution in [0.4, 0.5) is 0 Å². The monoisotopic (exact) mass is 287 g/mol. The van der Waals surface area contributed by atoms with Gasteiger partial charge in [0.1, 0.15) is 16.1 Å². The van der Waals surface area contributed by atoms with E-state index in [9.17, 15) is 13.5 Å². The first-order valence-electron chi connectivity index (χ1n) is 5.34. The van der Waals surface area contributed by atoms with Gasteiger partial charge in [-0.2, -0.15) is 0 Å². The van der Waals surface area contributed by atoms with E-state index >= 15 is 0 Å². The zero-order chi connectivity index (χ0) is 13.0. The molecule has 0 fully saturated rings. The number of aliphatic hydroxyl groups excluding tert-OH is 1. The van der Waals surface area contributed by atoms with Crippen molar-refractivity contribution in [2.75, 3.05) is 6.54 Å². The van der Waals surface area contributed by atoms with Gasteiger partial charge in [-0.05, 0) is 30.0 Å². The second-order valence-corrected chi connectivity index (χ2v) is 6.59. The fourth-order valence-corrected chi connectivity index (χ4v) is 3.53. The molecule has 0 unspecified atom stereocenters. The Kier molecular flexibility index (Phi) is 4.18. The molecule has 2 N–H and O–H groups in total. The van der Waals surface area contributed by atoms with E-state index in [1.54, 1.807) is 23.6 Å². The second kappa shape index (κ2) is 5.66. The molecule has 98 valence electrons. The molecule has 0 aliphatic carbocycles. The molecule has 2 heterocycles. The third-order valence-electron chi connectivity index (χ3n) is 2.34. The number of sulfonamides is 1. The van der Waals surface area contributed by atoms with Crippen molar-refractivity contribution >= 4 is 21.4 Å². The van der Waals surface area contributed by atoms with Crippen LogP contribution in [0.1, 0.15) is 18.3 Å². The van der Waals surface area contributed by atoms with Crippen molar-refractivity contribution in [3.05, 3.63) is 41.7 Å². The Morgan fingerprint density at radius 1 is 1.39 bits per heavy atom. The normalized spacial score (nSPS) is 13.6. The number of aliphatic hydroxyl groups is 1. The van der Waals surface area contributed by atoms with Crippen molar-refractivity contribution < 1.29 is 17.9 Å². The minimum atomic E-state index is -3.45. The Bertz CT molecular complexity index is 560. The van der Waals surface area contributed by atoms with Crippen LogP contribution in [0, 0.1) is 0 Å². The fourth-order valence-electron chi connectivity index (χ4n) is 1.44. The molecule has 7 heteroatoms. The van der Waals surface area contributed by atoms with Crippen LogP contribution in [0.25, 0.3) is 0 Å². The maximum absolute atomic E-state index is 11.8. The smallest absolute Gasteiger partial charge is 0.250 e. The van der Waals surface area contributed by atoms with Crippen molar-refractivity contribution in [2.24, 2.45) is 0 Å². The summed E-state index contributed by atoms with van der Waals surface area (Å²) in [5, 5.41) is 11.4. The summed E-state index contributed by atoms with van der Waals surface area (Å²) >= 11 is 1.15. The van der Waals surface area contributed by atoms with Crippen molar-refractivity contribution in [3.63, 3.8) is 0 Å². The van der Waals surface area contributed by atoms with Gasteiger partial charge >= 0.3 is 0 Å². The van der Waals surface area contributed by atoms with Gasteiger partial charge in [0.2, 0.25) is 10.0 Å². The molecule has 0 radical (unpaired) electrons. The first-order valence-corrected chi connectivity index (χ1v) is 7.70. The lowest BCUT2D eigenvalue weighted by molar-refractivity contribution is 0.142. The lowest BCUT2D eigenvalue weighted by Gasteiger charge is -2.08. The molecular weight excluding hydrogens is 274 g/mol. The van der Waals surface area contributed by atoms with Gasteiger partial charge in [0.15, 0.2) is 0 Å². The maximum Gasteiger partial charge on any atom is 0.250 e. The van der Waals surface area contributed by atoms with Crippen molar-refractivity contribution in [1.82, 2.24) is 4.72 Å². The first kappa shape index (κ1) is 13.3. The number of nitrogens with one attached hydrogen (secondary N) is 1. The predicted molar refractivity (Wildman–Crippen MR) is 67.8 cm³/mol. The number of hydrogen-bond acceptors (Lipinski definition) is 5. The number of rotatable bonds is 6. The number of hydrogen-bond donors (Lipinski definition) is 2. The van der Waals surface area contributed by atoms with E-state index in [4.69, 9.17) is 4.42 Å². The minimum absolute atomic E-state index is 0.155. The van der Waals surface area contributed by atoms with Crippen LogP contribution < -0.4 is 4.72 Å². The van der Waals surface area contributed by atoms with Crippen LogP contribution in [0.3, 0.4) is 0 Å². The zero-order valence-corrected chi connectivity index (χ0v) is 11.1. The molecule has 0 aromatic carbocycles. The summed E-state index contributed by atoms with van der Waals surface area (Å²) in [4.78, 5) is 0. The first-order chi connectivity index (χ1) is 8.59. The van der Waals surface area contributed by atoms with E-state index in [0.717, 1.165) is 11.3 Å². The van der Waals surface area contributed by atoms with Crippen LogP contribution >= 0.6 is 11.3 Å². The molecule has 0 bridgehead atoms. The second-order valence-electron chi connectivity index (χ2n) is 3.65. The molecule has 0 saturated carbocycles. The molecule has 0 amide bonds. The molecule has 2 aromatic rings. The summed E-state index contributed by atoms with van der Waals surface area (Å²) < 4.78 is 31.2. The molecular formula is C11H13NO4S2. The van der Waals surface area contributed by atoms with Gasteiger partial charge in [-0.25, -0.2) is 13.1 Å². The maximum atomic E-state index is 11.8. The Morgan fingerprint density at radius 3 is 2.83 bits per heavy atom. The van der Waals surface area contributed by atoms with Gasteiger partial charge in [0, 0.05) is 6.54 Å². The lowest BCUT2D eigenvalue weighted by atomic mass is 10.2. The van der Waals surface area contributed by atoms with Crippen LogP contribution in [-0.2, 0) is 10.0 Å². The van der Waals surface area contributed by atoms with Crippen LogP contribution in [0.15, 0.2) is 44.5 Å². The molecule has 0 aliphatic heterocycles. The average Bonchev–Trinajstić information content (AvgIpc) is 3.02. The van der Waals surface area contributed by atoms with E-state index in [-0.39, 0.29) is 17.2 Å². The Hall–Kier alpha value is -1.15. The average molecular weight is 287 g/mol. The summed E-state index contributed by atoms with van der Waals surface area (Å²) in [7, 11) is -3.45. The minimum Gasteiger partial charge on any atom is -0.467 e. The van der Waals surface area contributed by atoms with Gasteiger partial charge in [0.05, 0.1) is 6.26 Å². The predicted octanol–water partition coefficient (Wildman–Crippen LogP) is 1.74. The summed E-state index contributed by atoms with van der Waals surface area (Å²) in [6.07, 6.45) is 0.929. The van der Waals surface area contributed by atoms with Gasteiger partial charge < -0.3 is 9.52 Å². The van der Waals surface area contributed by atoms with Crippen LogP contribution in [0.2, 0.25) is 0 Å². The molecule has 2 aromatic heterocycles. The van der Waals surface area contributed by atoms with Crippen LogP contribution in [-0.4, -0.2) is 20.1 Å². The van der Waals surface area contributed by atoms with E-state index in [1.807, 2.05) is 0 Å². The van der Waals surface area contributed by atoms with Gasteiger partial charge in [-0.1, -0.05) is 6.07 Å². The van der Waals surface area contributed by atoms with Crippen molar-refractivity contribution in [2.45, 2.75) is 16.7 Å². The highest BCUT2D eigenvalue weighted by molar-refractivity contribution is 7.91. The summed E-state index contributed by atoms with van der Waals surface area (Å²) in [6, 6.07) is 6.54. The standard InChI is InChI=1S/C11H13NO4S2/c13-9(10-3-1-7-16-10)5-6-12-18(14,15)11-4-2-8-17-11/h1-4,7-9,12-13H,5-6H2/t9-/m1/s1. The fraction of sp³-hybridized carbons (Fsp3) is 0.273. The third-order valence-corrected chi connectivity index (χ3v) is 5.20. The van der Waals surface area contributed by atoms with Crippen molar-refractivity contribution in [3.8, 4) is 0 Å². The quantitative estimate of drug-likeness (QED) is 0.848. The summed E-state index contributed by atoms with van der Waals surface area (Å²) in [5.74, 6) is 0.435. The largest absolute Gasteiger partial charge is 0.467 e. The zero-order valence-electron chi connectivity index (χ0n) is 9.44. The number of thiophene rings is 1. The molecule has 0 aliphatic rings. The molecule has 1 atom stereocenters. The van der Waals surface area contributed by atoms with E-state index in [0.29, 0.717) is 5.76 Å². The highest BCUT2D eigenvalue weighted by Crippen LogP contribution is 2.18.